The van der Waals surface area contributed by atoms with Gasteiger partial charge < -0.3 is 16.2 Å². The average Bonchev–Trinajstić information content (AvgIpc) is 2.48. The van der Waals surface area contributed by atoms with Gasteiger partial charge in [0.2, 0.25) is 5.91 Å². The summed E-state index contributed by atoms with van der Waals surface area (Å²) in [5, 5.41) is 12.7. The van der Waals surface area contributed by atoms with E-state index in [0.717, 1.165) is 31.2 Å². The van der Waals surface area contributed by atoms with Crippen molar-refractivity contribution in [1.29, 1.82) is 0 Å². The van der Waals surface area contributed by atoms with Crippen LogP contribution in [0.3, 0.4) is 0 Å². The van der Waals surface area contributed by atoms with Crippen LogP contribution in [0.1, 0.15) is 38.2 Å². The lowest BCUT2D eigenvalue weighted by Crippen LogP contribution is -2.52. The first-order valence-electron chi connectivity index (χ1n) is 7.31. The topological polar surface area (TPSA) is 75.3 Å². The van der Waals surface area contributed by atoms with Gasteiger partial charge in [-0.25, -0.2) is 0 Å². The second kappa shape index (κ2) is 6.37. The lowest BCUT2D eigenvalue weighted by Gasteiger charge is -2.34. The van der Waals surface area contributed by atoms with Crippen molar-refractivity contribution in [3.8, 4) is 0 Å². The fraction of sp³-hybridized carbons (Fsp3) is 0.562. The molecule has 2 rings (SSSR count). The molecule has 1 saturated carbocycles. The van der Waals surface area contributed by atoms with Crippen LogP contribution < -0.4 is 11.1 Å². The first-order chi connectivity index (χ1) is 9.57. The molecule has 0 aromatic heterocycles. The van der Waals surface area contributed by atoms with E-state index in [4.69, 9.17) is 5.73 Å². The Kier molecular flexibility index (Phi) is 4.78. The van der Waals surface area contributed by atoms with Crippen molar-refractivity contribution in [2.45, 2.75) is 44.2 Å². The Bertz CT molecular complexity index is 449. The van der Waals surface area contributed by atoms with Crippen molar-refractivity contribution < 1.29 is 9.90 Å². The molecule has 0 aliphatic heterocycles. The van der Waals surface area contributed by atoms with Gasteiger partial charge in [0, 0.05) is 6.04 Å². The molecule has 0 saturated heterocycles. The summed E-state index contributed by atoms with van der Waals surface area (Å²) in [7, 11) is 0. The summed E-state index contributed by atoms with van der Waals surface area (Å²) in [5.41, 5.74) is 6.20. The van der Waals surface area contributed by atoms with Gasteiger partial charge in [-0.15, -0.1) is 0 Å². The smallest absolute Gasteiger partial charge is 0.225 e. The zero-order valence-corrected chi connectivity index (χ0v) is 12.0. The van der Waals surface area contributed by atoms with E-state index in [0.29, 0.717) is 0 Å². The summed E-state index contributed by atoms with van der Waals surface area (Å²) in [5.74, 6) is -0.184. The normalized spacial score (nSPS) is 25.8. The minimum Gasteiger partial charge on any atom is -0.394 e. The molecule has 1 aromatic rings. The van der Waals surface area contributed by atoms with Crippen LogP contribution in [0, 0.1) is 5.92 Å². The minimum atomic E-state index is -0.754. The van der Waals surface area contributed by atoms with Gasteiger partial charge in [0.25, 0.3) is 0 Å². The highest BCUT2D eigenvalue weighted by Crippen LogP contribution is 2.26. The predicted octanol–water partition coefficient (Wildman–Crippen LogP) is 1.53. The largest absolute Gasteiger partial charge is 0.394 e. The summed E-state index contributed by atoms with van der Waals surface area (Å²) in [6.07, 6.45) is 3.89. The lowest BCUT2D eigenvalue weighted by atomic mass is 9.83. The molecular weight excluding hydrogens is 252 g/mol. The summed E-state index contributed by atoms with van der Waals surface area (Å²) in [6.45, 7) is 1.71. The minimum absolute atomic E-state index is 0.0439. The molecule has 3 atom stereocenters. The third-order valence-corrected chi connectivity index (χ3v) is 4.28. The number of rotatable bonds is 4. The van der Waals surface area contributed by atoms with Crippen LogP contribution >= 0.6 is 0 Å². The molecule has 1 fully saturated rings. The van der Waals surface area contributed by atoms with Crippen LogP contribution in [-0.2, 0) is 10.3 Å². The van der Waals surface area contributed by atoms with E-state index in [1.807, 2.05) is 37.3 Å². The summed E-state index contributed by atoms with van der Waals surface area (Å²) >= 11 is 0. The number of amides is 1. The molecular formula is C16H24N2O2. The maximum atomic E-state index is 12.5. The van der Waals surface area contributed by atoms with E-state index in [-0.39, 0.29) is 24.5 Å². The Labute approximate surface area is 120 Å². The molecule has 0 bridgehead atoms. The molecule has 1 amide bonds. The molecule has 0 heterocycles. The first-order valence-corrected chi connectivity index (χ1v) is 7.31. The van der Waals surface area contributed by atoms with E-state index in [9.17, 15) is 9.90 Å². The number of aliphatic hydroxyl groups excluding tert-OH is 1. The van der Waals surface area contributed by atoms with Crippen molar-refractivity contribution in [2.75, 3.05) is 6.61 Å². The van der Waals surface area contributed by atoms with E-state index in [2.05, 4.69) is 5.32 Å². The van der Waals surface area contributed by atoms with E-state index >= 15 is 0 Å². The zero-order chi connectivity index (χ0) is 14.6. The highest BCUT2D eigenvalue weighted by molar-refractivity contribution is 5.80. The molecule has 0 radical (unpaired) electrons. The molecule has 1 aromatic carbocycles. The third-order valence-electron chi connectivity index (χ3n) is 4.28. The summed E-state index contributed by atoms with van der Waals surface area (Å²) < 4.78 is 0. The molecule has 4 nitrogen and oxygen atoms in total. The second-order valence-corrected chi connectivity index (χ2v) is 5.90. The fourth-order valence-corrected chi connectivity index (χ4v) is 2.86. The zero-order valence-electron chi connectivity index (χ0n) is 12.0. The maximum absolute atomic E-state index is 12.5. The van der Waals surface area contributed by atoms with Crippen molar-refractivity contribution in [3.63, 3.8) is 0 Å². The molecule has 1 aliphatic rings. The number of aliphatic hydroxyl groups is 1. The Morgan fingerprint density at radius 1 is 1.35 bits per heavy atom. The molecule has 0 spiro atoms. The number of hydrogen-bond donors (Lipinski definition) is 3. The number of carbonyl (C=O) groups excluding carboxylic acids is 1. The van der Waals surface area contributed by atoms with Crippen LogP contribution in [0.25, 0.3) is 0 Å². The summed E-state index contributed by atoms with van der Waals surface area (Å²) in [6, 6.07) is 9.49. The van der Waals surface area contributed by atoms with Gasteiger partial charge in [-0.3, -0.25) is 4.79 Å². The predicted molar refractivity (Wildman–Crippen MR) is 79.0 cm³/mol. The second-order valence-electron chi connectivity index (χ2n) is 5.90. The van der Waals surface area contributed by atoms with E-state index in [1.165, 1.54) is 0 Å². The highest BCUT2D eigenvalue weighted by atomic mass is 16.3. The molecule has 4 heteroatoms. The molecule has 20 heavy (non-hydrogen) atoms. The monoisotopic (exact) mass is 276 g/mol. The Morgan fingerprint density at radius 3 is 2.60 bits per heavy atom. The van der Waals surface area contributed by atoms with Crippen LogP contribution in [0.4, 0.5) is 0 Å². The Morgan fingerprint density at radius 2 is 2.00 bits per heavy atom. The number of benzene rings is 1. The van der Waals surface area contributed by atoms with Gasteiger partial charge in [0.15, 0.2) is 0 Å². The van der Waals surface area contributed by atoms with Crippen molar-refractivity contribution >= 4 is 5.91 Å². The van der Waals surface area contributed by atoms with Gasteiger partial charge >= 0.3 is 0 Å². The highest BCUT2D eigenvalue weighted by Gasteiger charge is 2.34. The van der Waals surface area contributed by atoms with Gasteiger partial charge in [-0.05, 0) is 25.3 Å². The van der Waals surface area contributed by atoms with Gasteiger partial charge in [-0.1, -0.05) is 43.2 Å². The number of carbonyl (C=O) groups is 1. The van der Waals surface area contributed by atoms with Crippen molar-refractivity contribution in [1.82, 2.24) is 5.32 Å². The molecule has 4 N–H and O–H groups in total. The van der Waals surface area contributed by atoms with Gasteiger partial charge in [-0.2, -0.15) is 0 Å². The Balaban J connectivity index is 2.11. The van der Waals surface area contributed by atoms with E-state index < -0.39 is 5.54 Å². The first kappa shape index (κ1) is 15.0. The standard InChI is InChI=1S/C16H24N2O2/c1-16(11-19,12-7-3-2-4-8-12)18-15(20)13-9-5-6-10-14(13)17/h2-4,7-8,13-14,19H,5-6,9-11,17H2,1H3,(H,18,20). The van der Waals surface area contributed by atoms with Crippen LogP contribution in [0.2, 0.25) is 0 Å². The average molecular weight is 276 g/mol. The van der Waals surface area contributed by atoms with Crippen molar-refractivity contribution in [3.05, 3.63) is 35.9 Å². The number of hydrogen-bond acceptors (Lipinski definition) is 3. The SMILES string of the molecule is CC(CO)(NC(=O)C1CCCCC1N)c1ccccc1. The van der Waals surface area contributed by atoms with Crippen molar-refractivity contribution in [2.24, 2.45) is 11.7 Å². The third kappa shape index (κ3) is 3.19. The van der Waals surface area contributed by atoms with Crippen LogP contribution in [0.15, 0.2) is 30.3 Å². The fourth-order valence-electron chi connectivity index (χ4n) is 2.86. The maximum Gasteiger partial charge on any atom is 0.225 e. The quantitative estimate of drug-likeness (QED) is 0.780. The molecule has 3 unspecified atom stereocenters. The lowest BCUT2D eigenvalue weighted by molar-refractivity contribution is -0.129. The van der Waals surface area contributed by atoms with E-state index in [1.54, 1.807) is 0 Å². The van der Waals surface area contributed by atoms with Gasteiger partial charge in [0.05, 0.1) is 18.1 Å². The van der Waals surface area contributed by atoms with Crippen LogP contribution in [0.5, 0.6) is 0 Å². The number of nitrogens with one attached hydrogen (secondary N) is 1. The molecule has 1 aliphatic carbocycles. The summed E-state index contributed by atoms with van der Waals surface area (Å²) in [4.78, 5) is 12.5. The van der Waals surface area contributed by atoms with Crippen LogP contribution in [-0.4, -0.2) is 23.7 Å². The molecule has 110 valence electrons. The Hall–Kier alpha value is -1.39. The number of nitrogens with two attached hydrogens (primary N) is 1. The van der Waals surface area contributed by atoms with Gasteiger partial charge in [0.1, 0.15) is 0 Å².